The van der Waals surface area contributed by atoms with Crippen molar-refractivity contribution in [1.82, 2.24) is 9.97 Å². The summed E-state index contributed by atoms with van der Waals surface area (Å²) in [6.45, 7) is 1.82. The summed E-state index contributed by atoms with van der Waals surface area (Å²) in [7, 11) is 0. The van der Waals surface area contributed by atoms with Crippen molar-refractivity contribution in [1.29, 1.82) is 0 Å². The Morgan fingerprint density at radius 2 is 2.17 bits per heavy atom. The summed E-state index contributed by atoms with van der Waals surface area (Å²) in [6.07, 6.45) is 2.81. The number of aryl methyl sites for hydroxylation is 1. The lowest BCUT2D eigenvalue weighted by Gasteiger charge is -2.09. The lowest BCUT2D eigenvalue weighted by Crippen LogP contribution is -2.09. The smallest absolute Gasteiger partial charge is 0.340 e. The van der Waals surface area contributed by atoms with Crippen molar-refractivity contribution in [2.75, 3.05) is 12.4 Å². The number of aliphatic hydroxyl groups excluding tert-OH is 1. The molecular weight excluding hydrogens is 252 g/mol. The molecule has 0 radical (unpaired) electrons. The van der Waals surface area contributed by atoms with Crippen LogP contribution in [0.5, 0.6) is 0 Å². The van der Waals surface area contributed by atoms with E-state index in [0.717, 1.165) is 18.7 Å². The Hall–Kier alpha value is -1.14. The number of thioether (sulfide) groups is 1. The highest BCUT2D eigenvalue weighted by Crippen LogP contribution is 2.39. The second-order valence-corrected chi connectivity index (χ2v) is 5.44. The summed E-state index contributed by atoms with van der Waals surface area (Å²) in [5, 5.41) is 18.5. The normalized spacial score (nSPS) is 14.8. The van der Waals surface area contributed by atoms with E-state index in [1.54, 1.807) is 6.92 Å². The number of carboxylic acid groups (broad SMARTS) is 1. The Kier molecular flexibility index (Phi) is 4.19. The highest BCUT2D eigenvalue weighted by atomic mass is 32.2. The molecule has 1 fully saturated rings. The summed E-state index contributed by atoms with van der Waals surface area (Å²) < 4.78 is 0. The third kappa shape index (κ3) is 3.00. The molecule has 0 bridgehead atoms. The highest BCUT2D eigenvalue weighted by molar-refractivity contribution is 7.99. The maximum absolute atomic E-state index is 11.2. The summed E-state index contributed by atoms with van der Waals surface area (Å²) in [5.74, 6) is 0.853. The summed E-state index contributed by atoms with van der Waals surface area (Å²) in [5.41, 5.74) is 0.730. The van der Waals surface area contributed by atoms with Crippen molar-refractivity contribution < 1.29 is 15.0 Å². The Balaban J connectivity index is 2.28. The minimum atomic E-state index is -0.985. The van der Waals surface area contributed by atoms with Gasteiger partial charge in [-0.1, -0.05) is 0 Å². The van der Waals surface area contributed by atoms with Gasteiger partial charge in [-0.25, -0.2) is 14.8 Å². The molecule has 98 valence electrons. The second-order valence-electron chi connectivity index (χ2n) is 4.35. The molecule has 1 aromatic rings. The first-order valence-electron chi connectivity index (χ1n) is 5.99. The van der Waals surface area contributed by atoms with Crippen molar-refractivity contribution in [2.24, 2.45) is 0 Å². The van der Waals surface area contributed by atoms with Gasteiger partial charge in [0.15, 0.2) is 0 Å². The molecule has 1 aliphatic carbocycles. The van der Waals surface area contributed by atoms with Crippen LogP contribution in [0.4, 0.5) is 0 Å². The molecule has 0 spiro atoms. The number of aromatic carboxylic acids is 1. The molecule has 18 heavy (non-hydrogen) atoms. The van der Waals surface area contributed by atoms with Crippen LogP contribution in [0, 0.1) is 6.92 Å². The van der Waals surface area contributed by atoms with E-state index in [9.17, 15) is 9.90 Å². The van der Waals surface area contributed by atoms with Crippen LogP contribution in [0.2, 0.25) is 0 Å². The fraction of sp³-hybridized carbons (Fsp3) is 0.583. The first kappa shape index (κ1) is 13.3. The van der Waals surface area contributed by atoms with Crippen LogP contribution < -0.4 is 0 Å². The third-order valence-electron chi connectivity index (χ3n) is 2.77. The van der Waals surface area contributed by atoms with Gasteiger partial charge in [0, 0.05) is 18.3 Å². The van der Waals surface area contributed by atoms with Gasteiger partial charge in [-0.3, -0.25) is 0 Å². The molecule has 0 saturated heterocycles. The van der Waals surface area contributed by atoms with Crippen molar-refractivity contribution >= 4 is 17.7 Å². The van der Waals surface area contributed by atoms with Crippen molar-refractivity contribution in [3.63, 3.8) is 0 Å². The maximum atomic E-state index is 11.2. The molecule has 0 aliphatic heterocycles. The Morgan fingerprint density at radius 3 is 2.72 bits per heavy atom. The van der Waals surface area contributed by atoms with Crippen molar-refractivity contribution in [3.8, 4) is 0 Å². The standard InChI is InChI=1S/C12H16N2O3S/c1-7-9(12(16)17)11(18-6-2-5-15)14-10(13-7)8-3-4-8/h8,15H,2-6H2,1H3,(H,16,17). The molecule has 0 aromatic carbocycles. The second kappa shape index (κ2) is 5.67. The lowest BCUT2D eigenvalue weighted by atomic mass is 10.2. The van der Waals surface area contributed by atoms with Gasteiger partial charge in [0.05, 0.1) is 5.69 Å². The van der Waals surface area contributed by atoms with Gasteiger partial charge in [0.2, 0.25) is 0 Å². The van der Waals surface area contributed by atoms with Gasteiger partial charge in [-0.2, -0.15) is 0 Å². The van der Waals surface area contributed by atoms with E-state index < -0.39 is 5.97 Å². The molecule has 6 heteroatoms. The van der Waals surface area contributed by atoms with E-state index in [2.05, 4.69) is 9.97 Å². The van der Waals surface area contributed by atoms with E-state index in [0.29, 0.717) is 28.8 Å². The monoisotopic (exact) mass is 268 g/mol. The zero-order valence-electron chi connectivity index (χ0n) is 10.2. The van der Waals surface area contributed by atoms with Crippen molar-refractivity contribution in [2.45, 2.75) is 37.1 Å². The van der Waals surface area contributed by atoms with Gasteiger partial charge in [0.1, 0.15) is 16.4 Å². The van der Waals surface area contributed by atoms with Crippen LogP contribution >= 0.6 is 11.8 Å². The number of hydrogen-bond acceptors (Lipinski definition) is 5. The molecule has 0 unspecified atom stereocenters. The summed E-state index contributed by atoms with van der Waals surface area (Å²) >= 11 is 1.38. The third-order valence-corrected chi connectivity index (χ3v) is 3.83. The van der Waals surface area contributed by atoms with E-state index >= 15 is 0 Å². The molecule has 1 heterocycles. The number of hydrogen-bond donors (Lipinski definition) is 2. The maximum Gasteiger partial charge on any atom is 0.340 e. The molecule has 0 amide bonds. The van der Waals surface area contributed by atoms with Gasteiger partial charge >= 0.3 is 5.97 Å². The van der Waals surface area contributed by atoms with Gasteiger partial charge < -0.3 is 10.2 Å². The SMILES string of the molecule is Cc1nc(C2CC2)nc(SCCCO)c1C(=O)O. The topological polar surface area (TPSA) is 83.3 Å². The molecular formula is C12H16N2O3S. The van der Waals surface area contributed by atoms with Crippen LogP contribution in [-0.2, 0) is 0 Å². The van der Waals surface area contributed by atoms with E-state index in [1.807, 2.05) is 0 Å². The molecule has 1 aromatic heterocycles. The number of carbonyl (C=O) groups is 1. The Labute approximate surface area is 110 Å². The summed E-state index contributed by atoms with van der Waals surface area (Å²) in [6, 6.07) is 0. The highest BCUT2D eigenvalue weighted by Gasteiger charge is 2.29. The average molecular weight is 268 g/mol. The minimum Gasteiger partial charge on any atom is -0.478 e. The number of nitrogens with zero attached hydrogens (tertiary/aromatic N) is 2. The first-order chi connectivity index (χ1) is 8.63. The van der Waals surface area contributed by atoms with Crippen LogP contribution in [0.3, 0.4) is 0 Å². The molecule has 5 nitrogen and oxygen atoms in total. The Morgan fingerprint density at radius 1 is 1.44 bits per heavy atom. The zero-order valence-corrected chi connectivity index (χ0v) is 11.0. The van der Waals surface area contributed by atoms with Crippen LogP contribution in [0.25, 0.3) is 0 Å². The van der Waals surface area contributed by atoms with E-state index in [4.69, 9.17) is 5.11 Å². The fourth-order valence-electron chi connectivity index (χ4n) is 1.68. The van der Waals surface area contributed by atoms with Crippen LogP contribution in [0.15, 0.2) is 5.03 Å². The average Bonchev–Trinajstić information content (AvgIpc) is 3.11. The number of aromatic nitrogens is 2. The molecule has 1 saturated carbocycles. The minimum absolute atomic E-state index is 0.106. The van der Waals surface area contributed by atoms with E-state index in [1.165, 1.54) is 11.8 Å². The molecule has 2 rings (SSSR count). The van der Waals surface area contributed by atoms with Crippen LogP contribution in [0.1, 0.15) is 47.1 Å². The predicted molar refractivity (Wildman–Crippen MR) is 68.1 cm³/mol. The molecule has 2 N–H and O–H groups in total. The van der Waals surface area contributed by atoms with Gasteiger partial charge in [-0.05, 0) is 26.2 Å². The van der Waals surface area contributed by atoms with Crippen molar-refractivity contribution in [3.05, 3.63) is 17.1 Å². The number of aliphatic hydroxyl groups is 1. The Bertz CT molecular complexity index is 461. The number of carboxylic acids is 1. The number of rotatable bonds is 6. The van der Waals surface area contributed by atoms with Gasteiger partial charge in [-0.15, -0.1) is 11.8 Å². The first-order valence-corrected chi connectivity index (χ1v) is 6.97. The largest absolute Gasteiger partial charge is 0.478 e. The predicted octanol–water partition coefficient (Wildman–Crippen LogP) is 1.84. The van der Waals surface area contributed by atoms with E-state index in [-0.39, 0.29) is 12.2 Å². The molecule has 0 atom stereocenters. The fourth-order valence-corrected chi connectivity index (χ4v) is 2.68. The lowest BCUT2D eigenvalue weighted by molar-refractivity contribution is 0.0690. The quantitative estimate of drug-likeness (QED) is 0.465. The zero-order chi connectivity index (χ0) is 13.1. The van der Waals surface area contributed by atoms with Crippen LogP contribution in [-0.4, -0.2) is 38.5 Å². The summed E-state index contributed by atoms with van der Waals surface area (Å²) in [4.78, 5) is 19.9. The van der Waals surface area contributed by atoms with Gasteiger partial charge in [0.25, 0.3) is 0 Å². The molecule has 1 aliphatic rings.